The van der Waals surface area contributed by atoms with Crippen LogP contribution in [0.2, 0.25) is 0 Å². The van der Waals surface area contributed by atoms with Gasteiger partial charge in [-0.3, -0.25) is 4.79 Å². The molecular formula is C10H13NO5. The zero-order valence-electron chi connectivity index (χ0n) is 8.42. The van der Waals surface area contributed by atoms with Gasteiger partial charge in [-0.25, -0.2) is 0 Å². The monoisotopic (exact) mass is 227 g/mol. The molecule has 0 radical (unpaired) electrons. The third-order valence-electron chi connectivity index (χ3n) is 2.19. The van der Waals surface area contributed by atoms with Crippen LogP contribution in [0.4, 0.5) is 0 Å². The molecule has 0 fully saturated rings. The molecule has 0 spiro atoms. The van der Waals surface area contributed by atoms with Gasteiger partial charge in [-0.15, -0.1) is 0 Å². The molecular weight excluding hydrogens is 214 g/mol. The van der Waals surface area contributed by atoms with Crippen molar-refractivity contribution in [2.75, 3.05) is 0 Å². The highest BCUT2D eigenvalue weighted by molar-refractivity contribution is 5.66. The molecule has 0 amide bonds. The fraction of sp³-hybridized carbons (Fsp3) is 0.300. The van der Waals surface area contributed by atoms with Crippen molar-refractivity contribution in [3.63, 3.8) is 0 Å². The van der Waals surface area contributed by atoms with Crippen LogP contribution < -0.4 is 5.73 Å². The van der Waals surface area contributed by atoms with Crippen LogP contribution in [0.1, 0.15) is 24.4 Å². The summed E-state index contributed by atoms with van der Waals surface area (Å²) >= 11 is 0. The van der Waals surface area contributed by atoms with Crippen LogP contribution in [0.25, 0.3) is 0 Å². The van der Waals surface area contributed by atoms with Crippen LogP contribution >= 0.6 is 0 Å². The minimum Gasteiger partial charge on any atom is -0.507 e. The fourth-order valence-corrected chi connectivity index (χ4v) is 1.31. The first-order valence-electron chi connectivity index (χ1n) is 4.64. The minimum absolute atomic E-state index is 0.132. The Bertz CT molecular complexity index is 404. The molecule has 6 heteroatoms. The van der Waals surface area contributed by atoms with Crippen LogP contribution in [0.5, 0.6) is 17.2 Å². The van der Waals surface area contributed by atoms with E-state index in [1.807, 2.05) is 0 Å². The molecule has 0 aliphatic heterocycles. The summed E-state index contributed by atoms with van der Waals surface area (Å²) in [5.41, 5.74) is 5.85. The Morgan fingerprint density at radius 1 is 1.19 bits per heavy atom. The zero-order valence-corrected chi connectivity index (χ0v) is 8.42. The van der Waals surface area contributed by atoms with Gasteiger partial charge in [0.25, 0.3) is 0 Å². The lowest BCUT2D eigenvalue weighted by atomic mass is 10.0. The number of benzene rings is 1. The molecule has 16 heavy (non-hydrogen) atoms. The van der Waals surface area contributed by atoms with E-state index in [-0.39, 0.29) is 24.2 Å². The van der Waals surface area contributed by atoms with Crippen molar-refractivity contribution in [3.05, 3.63) is 17.7 Å². The second kappa shape index (κ2) is 4.71. The molecule has 0 bridgehead atoms. The average molecular weight is 227 g/mol. The Hall–Kier alpha value is -1.95. The van der Waals surface area contributed by atoms with Crippen molar-refractivity contribution in [3.8, 4) is 17.2 Å². The normalized spacial score (nSPS) is 12.3. The first kappa shape index (κ1) is 12.1. The van der Waals surface area contributed by atoms with E-state index >= 15 is 0 Å². The van der Waals surface area contributed by atoms with Crippen molar-refractivity contribution in [2.24, 2.45) is 5.73 Å². The molecule has 0 aromatic heterocycles. The van der Waals surface area contributed by atoms with Crippen molar-refractivity contribution >= 4 is 5.97 Å². The van der Waals surface area contributed by atoms with Gasteiger partial charge in [0.05, 0.1) is 0 Å². The largest absolute Gasteiger partial charge is 0.507 e. The molecule has 0 saturated heterocycles. The summed E-state index contributed by atoms with van der Waals surface area (Å²) in [4.78, 5) is 10.3. The highest BCUT2D eigenvalue weighted by Crippen LogP contribution is 2.35. The highest BCUT2D eigenvalue weighted by atomic mass is 16.4. The number of nitrogens with two attached hydrogens (primary N) is 1. The van der Waals surface area contributed by atoms with E-state index in [4.69, 9.17) is 15.9 Å². The molecule has 1 aromatic carbocycles. The predicted octanol–water partition coefficient (Wildman–Crippen LogP) is 0.668. The Morgan fingerprint density at radius 3 is 2.31 bits per heavy atom. The SMILES string of the molecule is N[C@H](CCC(=O)O)c1cc(O)c(O)cc1O. The van der Waals surface area contributed by atoms with Gasteiger partial charge in [-0.2, -0.15) is 0 Å². The molecule has 0 unspecified atom stereocenters. The van der Waals surface area contributed by atoms with Gasteiger partial charge in [0.2, 0.25) is 0 Å². The number of aliphatic carboxylic acids is 1. The molecule has 0 heterocycles. The Labute approximate surface area is 91.6 Å². The number of phenols is 3. The second-order valence-electron chi connectivity index (χ2n) is 3.44. The Balaban J connectivity index is 2.86. The first-order valence-corrected chi connectivity index (χ1v) is 4.64. The van der Waals surface area contributed by atoms with Gasteiger partial charge in [0.15, 0.2) is 11.5 Å². The Kier molecular flexibility index (Phi) is 3.57. The van der Waals surface area contributed by atoms with E-state index in [2.05, 4.69) is 0 Å². The minimum atomic E-state index is -0.988. The number of carbonyl (C=O) groups is 1. The summed E-state index contributed by atoms with van der Waals surface area (Å²) in [6.45, 7) is 0. The fourth-order valence-electron chi connectivity index (χ4n) is 1.31. The lowest BCUT2D eigenvalue weighted by molar-refractivity contribution is -0.137. The van der Waals surface area contributed by atoms with Gasteiger partial charge < -0.3 is 26.2 Å². The van der Waals surface area contributed by atoms with Crippen molar-refractivity contribution in [1.29, 1.82) is 0 Å². The lowest BCUT2D eigenvalue weighted by Crippen LogP contribution is -2.12. The molecule has 88 valence electrons. The van der Waals surface area contributed by atoms with Crippen molar-refractivity contribution in [2.45, 2.75) is 18.9 Å². The molecule has 1 rings (SSSR count). The molecule has 0 aliphatic rings. The number of carboxylic acids is 1. The van der Waals surface area contributed by atoms with Gasteiger partial charge in [-0.1, -0.05) is 0 Å². The maximum absolute atomic E-state index is 10.3. The smallest absolute Gasteiger partial charge is 0.303 e. The second-order valence-corrected chi connectivity index (χ2v) is 3.44. The summed E-state index contributed by atoms with van der Waals surface area (Å²) in [6, 6.07) is 1.38. The van der Waals surface area contributed by atoms with E-state index in [0.717, 1.165) is 12.1 Å². The number of carboxylic acid groups (broad SMARTS) is 1. The van der Waals surface area contributed by atoms with Crippen LogP contribution in [0.15, 0.2) is 12.1 Å². The van der Waals surface area contributed by atoms with Crippen molar-refractivity contribution in [1.82, 2.24) is 0 Å². The molecule has 0 saturated carbocycles. The van der Waals surface area contributed by atoms with E-state index in [1.165, 1.54) is 0 Å². The predicted molar refractivity (Wildman–Crippen MR) is 55.2 cm³/mol. The number of rotatable bonds is 4. The van der Waals surface area contributed by atoms with Crippen LogP contribution in [-0.4, -0.2) is 26.4 Å². The van der Waals surface area contributed by atoms with Crippen LogP contribution in [-0.2, 0) is 4.79 Å². The average Bonchev–Trinajstić information content (AvgIpc) is 2.20. The topological polar surface area (TPSA) is 124 Å². The zero-order chi connectivity index (χ0) is 12.3. The van der Waals surface area contributed by atoms with Gasteiger partial charge >= 0.3 is 5.97 Å². The van der Waals surface area contributed by atoms with E-state index in [0.29, 0.717) is 0 Å². The highest BCUT2D eigenvalue weighted by Gasteiger charge is 2.15. The van der Waals surface area contributed by atoms with Crippen LogP contribution in [0.3, 0.4) is 0 Å². The molecule has 1 aromatic rings. The summed E-state index contributed by atoms with van der Waals surface area (Å²) in [5.74, 6) is -2.11. The van der Waals surface area contributed by atoms with Gasteiger partial charge in [0, 0.05) is 24.1 Å². The maximum atomic E-state index is 10.3. The van der Waals surface area contributed by atoms with Gasteiger partial charge in [0.1, 0.15) is 5.75 Å². The maximum Gasteiger partial charge on any atom is 0.303 e. The summed E-state index contributed by atoms with van der Waals surface area (Å²) in [6.07, 6.45) is -0.00461. The van der Waals surface area contributed by atoms with Crippen LogP contribution in [0, 0.1) is 0 Å². The number of phenolic OH excluding ortho intramolecular Hbond substituents is 3. The Morgan fingerprint density at radius 2 is 1.75 bits per heavy atom. The third-order valence-corrected chi connectivity index (χ3v) is 2.19. The summed E-state index contributed by atoms with van der Waals surface area (Å²) in [5, 5.41) is 36.2. The summed E-state index contributed by atoms with van der Waals surface area (Å²) in [7, 11) is 0. The summed E-state index contributed by atoms with van der Waals surface area (Å²) < 4.78 is 0. The molecule has 6 nitrogen and oxygen atoms in total. The lowest BCUT2D eigenvalue weighted by Gasteiger charge is -2.13. The standard InChI is InChI=1S/C10H13NO5/c11-6(1-2-10(15)16)5-3-8(13)9(14)4-7(5)12/h3-4,6,12-14H,1-2,11H2,(H,15,16)/t6-/m1/s1. The van der Waals surface area contributed by atoms with Gasteiger partial charge in [-0.05, 0) is 12.5 Å². The molecule has 6 N–H and O–H groups in total. The first-order chi connectivity index (χ1) is 7.41. The van der Waals surface area contributed by atoms with E-state index < -0.39 is 23.5 Å². The third kappa shape index (κ3) is 2.77. The number of aromatic hydroxyl groups is 3. The van der Waals surface area contributed by atoms with E-state index in [9.17, 15) is 15.0 Å². The number of hydrogen-bond acceptors (Lipinski definition) is 5. The molecule has 1 atom stereocenters. The van der Waals surface area contributed by atoms with Crippen molar-refractivity contribution < 1.29 is 25.2 Å². The molecule has 0 aliphatic carbocycles. The quantitative estimate of drug-likeness (QED) is 0.380. The number of hydrogen-bond donors (Lipinski definition) is 5. The van der Waals surface area contributed by atoms with E-state index in [1.54, 1.807) is 0 Å².